The molecule has 2 rings (SSSR count). The van der Waals surface area contributed by atoms with Crippen molar-refractivity contribution in [3.63, 3.8) is 0 Å². The van der Waals surface area contributed by atoms with Crippen LogP contribution in [0.2, 0.25) is 0 Å². The minimum atomic E-state index is -0.262. The predicted molar refractivity (Wildman–Crippen MR) is 74.5 cm³/mol. The molecule has 1 aliphatic heterocycles. The lowest BCUT2D eigenvalue weighted by Crippen LogP contribution is -2.52. The third-order valence-electron chi connectivity index (χ3n) is 3.55. The molecule has 4 nitrogen and oxygen atoms in total. The molecule has 0 saturated carbocycles. The first-order valence-corrected chi connectivity index (χ1v) is 6.79. The summed E-state index contributed by atoms with van der Waals surface area (Å²) in [6, 6.07) is 10.1. The highest BCUT2D eigenvalue weighted by Gasteiger charge is 2.35. The summed E-state index contributed by atoms with van der Waals surface area (Å²) in [7, 11) is 0. The number of carbonyl (C=O) groups excluding carboxylic acids is 1. The van der Waals surface area contributed by atoms with Crippen LogP contribution >= 0.6 is 0 Å². The summed E-state index contributed by atoms with van der Waals surface area (Å²) in [6.07, 6.45) is 1.81. The highest BCUT2D eigenvalue weighted by Crippen LogP contribution is 2.24. The number of morpholine rings is 1. The number of rotatable bonds is 5. The summed E-state index contributed by atoms with van der Waals surface area (Å²) in [5, 5.41) is 0. The second-order valence-electron chi connectivity index (χ2n) is 5.37. The molecule has 1 aromatic carbocycles. The summed E-state index contributed by atoms with van der Waals surface area (Å²) >= 11 is 0. The Morgan fingerprint density at radius 1 is 1.37 bits per heavy atom. The normalized spacial score (nSPS) is 23.7. The van der Waals surface area contributed by atoms with Gasteiger partial charge >= 0.3 is 0 Å². The van der Waals surface area contributed by atoms with Gasteiger partial charge in [-0.15, -0.1) is 0 Å². The minimum Gasteiger partial charge on any atom is -0.364 e. The summed E-state index contributed by atoms with van der Waals surface area (Å²) in [6.45, 7) is 4.19. The Hall–Kier alpha value is -1.39. The Bertz CT molecular complexity index is 421. The molecule has 4 heteroatoms. The number of ether oxygens (including phenoxy) is 1. The Morgan fingerprint density at radius 2 is 2.11 bits per heavy atom. The first kappa shape index (κ1) is 14.0. The zero-order valence-electron chi connectivity index (χ0n) is 11.5. The monoisotopic (exact) mass is 262 g/mol. The van der Waals surface area contributed by atoms with Crippen LogP contribution in [0.3, 0.4) is 0 Å². The van der Waals surface area contributed by atoms with Crippen molar-refractivity contribution in [3.8, 4) is 0 Å². The highest BCUT2D eigenvalue weighted by molar-refractivity contribution is 5.78. The van der Waals surface area contributed by atoms with E-state index in [0.717, 1.165) is 18.4 Å². The van der Waals surface area contributed by atoms with Crippen molar-refractivity contribution in [1.82, 2.24) is 4.90 Å². The average molecular weight is 262 g/mol. The molecule has 1 aliphatic rings. The number of benzene rings is 1. The lowest BCUT2D eigenvalue weighted by molar-refractivity contribution is -0.163. The largest absolute Gasteiger partial charge is 0.364 e. The summed E-state index contributed by atoms with van der Waals surface area (Å²) in [5.74, 6) is 0.0640. The van der Waals surface area contributed by atoms with Crippen LogP contribution in [0.5, 0.6) is 0 Å². The standard InChI is InChI=1S/C15H22N2O2/c1-15(8-5-9-16)12-17(14(18)11-19-15)10-13-6-3-2-4-7-13/h2-4,6-7H,5,8-12,16H2,1H3. The molecular formula is C15H22N2O2. The molecule has 1 aromatic rings. The van der Waals surface area contributed by atoms with Gasteiger partial charge in [-0.25, -0.2) is 0 Å². The fourth-order valence-electron chi connectivity index (χ4n) is 2.44. The molecule has 0 spiro atoms. The van der Waals surface area contributed by atoms with Gasteiger partial charge in [0.1, 0.15) is 6.61 Å². The molecular weight excluding hydrogens is 240 g/mol. The third kappa shape index (κ3) is 3.78. The number of carbonyl (C=O) groups is 1. The average Bonchev–Trinajstić information content (AvgIpc) is 2.42. The van der Waals surface area contributed by atoms with Crippen LogP contribution in [0.1, 0.15) is 25.3 Å². The molecule has 1 amide bonds. The molecule has 1 heterocycles. The Labute approximate surface area is 114 Å². The summed E-state index contributed by atoms with van der Waals surface area (Å²) < 4.78 is 5.70. The fourth-order valence-corrected chi connectivity index (χ4v) is 2.44. The zero-order valence-corrected chi connectivity index (χ0v) is 11.5. The highest BCUT2D eigenvalue weighted by atomic mass is 16.5. The van der Waals surface area contributed by atoms with Gasteiger partial charge in [0, 0.05) is 13.1 Å². The van der Waals surface area contributed by atoms with Gasteiger partial charge in [0.05, 0.1) is 5.60 Å². The van der Waals surface area contributed by atoms with Gasteiger partial charge in [-0.3, -0.25) is 4.79 Å². The molecule has 1 atom stereocenters. The first-order chi connectivity index (χ1) is 9.13. The molecule has 104 valence electrons. The molecule has 0 aliphatic carbocycles. The van der Waals surface area contributed by atoms with Gasteiger partial charge < -0.3 is 15.4 Å². The van der Waals surface area contributed by atoms with E-state index in [2.05, 4.69) is 6.92 Å². The van der Waals surface area contributed by atoms with Crippen LogP contribution in [-0.2, 0) is 16.1 Å². The van der Waals surface area contributed by atoms with Crippen molar-refractivity contribution >= 4 is 5.91 Å². The van der Waals surface area contributed by atoms with Gasteiger partial charge in [-0.2, -0.15) is 0 Å². The molecule has 1 fully saturated rings. The second-order valence-corrected chi connectivity index (χ2v) is 5.37. The van der Waals surface area contributed by atoms with Gasteiger partial charge in [0.25, 0.3) is 0 Å². The summed E-state index contributed by atoms with van der Waals surface area (Å²) in [5.41, 5.74) is 6.44. The SMILES string of the molecule is CC1(CCCN)CN(Cc2ccccc2)C(=O)CO1. The van der Waals surface area contributed by atoms with Gasteiger partial charge in [0.2, 0.25) is 5.91 Å². The maximum absolute atomic E-state index is 11.9. The van der Waals surface area contributed by atoms with E-state index >= 15 is 0 Å². The molecule has 1 saturated heterocycles. The zero-order chi connectivity index (χ0) is 13.7. The molecule has 0 bridgehead atoms. The smallest absolute Gasteiger partial charge is 0.248 e. The maximum Gasteiger partial charge on any atom is 0.248 e. The lowest BCUT2D eigenvalue weighted by atomic mass is 9.97. The number of amides is 1. The lowest BCUT2D eigenvalue weighted by Gasteiger charge is -2.40. The third-order valence-corrected chi connectivity index (χ3v) is 3.55. The van der Waals surface area contributed by atoms with E-state index < -0.39 is 0 Å². The molecule has 1 unspecified atom stereocenters. The van der Waals surface area contributed by atoms with E-state index in [-0.39, 0.29) is 18.1 Å². The van der Waals surface area contributed by atoms with E-state index in [4.69, 9.17) is 10.5 Å². The predicted octanol–water partition coefficient (Wildman–Crippen LogP) is 1.54. The van der Waals surface area contributed by atoms with Gasteiger partial charge in [0.15, 0.2) is 0 Å². The first-order valence-electron chi connectivity index (χ1n) is 6.79. The van der Waals surface area contributed by atoms with E-state index in [9.17, 15) is 4.79 Å². The van der Waals surface area contributed by atoms with Crippen molar-refractivity contribution < 1.29 is 9.53 Å². The van der Waals surface area contributed by atoms with Crippen LogP contribution in [0, 0.1) is 0 Å². The van der Waals surface area contributed by atoms with Crippen molar-refractivity contribution in [2.75, 3.05) is 19.7 Å². The van der Waals surface area contributed by atoms with Crippen LogP contribution in [0.25, 0.3) is 0 Å². The number of hydrogen-bond acceptors (Lipinski definition) is 3. The minimum absolute atomic E-state index is 0.0640. The number of nitrogens with zero attached hydrogens (tertiary/aromatic N) is 1. The van der Waals surface area contributed by atoms with Gasteiger partial charge in [-0.05, 0) is 31.9 Å². The van der Waals surface area contributed by atoms with Crippen LogP contribution in [0.15, 0.2) is 30.3 Å². The molecule has 19 heavy (non-hydrogen) atoms. The Morgan fingerprint density at radius 3 is 2.79 bits per heavy atom. The van der Waals surface area contributed by atoms with E-state index in [0.29, 0.717) is 19.6 Å². The quantitative estimate of drug-likeness (QED) is 0.875. The van der Waals surface area contributed by atoms with Crippen molar-refractivity contribution in [1.29, 1.82) is 0 Å². The topological polar surface area (TPSA) is 55.6 Å². The second kappa shape index (κ2) is 6.17. The van der Waals surface area contributed by atoms with Gasteiger partial charge in [-0.1, -0.05) is 30.3 Å². The molecule has 0 aromatic heterocycles. The number of nitrogens with two attached hydrogens (primary N) is 1. The Balaban J connectivity index is 2.00. The Kier molecular flexibility index (Phi) is 4.56. The van der Waals surface area contributed by atoms with Crippen molar-refractivity contribution in [2.24, 2.45) is 5.73 Å². The van der Waals surface area contributed by atoms with Crippen LogP contribution in [0.4, 0.5) is 0 Å². The van der Waals surface area contributed by atoms with E-state index in [1.54, 1.807) is 0 Å². The fraction of sp³-hybridized carbons (Fsp3) is 0.533. The van der Waals surface area contributed by atoms with Crippen LogP contribution in [-0.4, -0.2) is 36.1 Å². The van der Waals surface area contributed by atoms with E-state index in [1.807, 2.05) is 35.2 Å². The molecule has 2 N–H and O–H groups in total. The molecule has 0 radical (unpaired) electrons. The van der Waals surface area contributed by atoms with E-state index in [1.165, 1.54) is 0 Å². The van der Waals surface area contributed by atoms with Crippen molar-refractivity contribution in [3.05, 3.63) is 35.9 Å². The maximum atomic E-state index is 11.9. The summed E-state index contributed by atoms with van der Waals surface area (Å²) in [4.78, 5) is 13.8. The number of hydrogen-bond donors (Lipinski definition) is 1. The van der Waals surface area contributed by atoms with Crippen molar-refractivity contribution in [2.45, 2.75) is 31.9 Å². The van der Waals surface area contributed by atoms with Crippen LogP contribution < -0.4 is 5.73 Å².